The average Bonchev–Trinajstić information content (AvgIpc) is 2.83. The lowest BCUT2D eigenvalue weighted by Crippen LogP contribution is -2.10. The number of benzene rings is 1. The van der Waals surface area contributed by atoms with Crippen molar-refractivity contribution < 1.29 is 4.79 Å². The summed E-state index contributed by atoms with van der Waals surface area (Å²) < 4.78 is 3.67. The highest BCUT2D eigenvalue weighted by Crippen LogP contribution is 2.13. The highest BCUT2D eigenvalue weighted by molar-refractivity contribution is 7.10. The second kappa shape index (κ2) is 5.40. The molecule has 17 heavy (non-hydrogen) atoms. The predicted octanol–water partition coefficient (Wildman–Crippen LogP) is 2.22. The first-order valence-electron chi connectivity index (χ1n) is 5.22. The van der Waals surface area contributed by atoms with Crippen LogP contribution in [0.2, 0.25) is 0 Å². The number of carbonyl (C=O) groups excluding carboxylic acids is 1. The fourth-order valence-electron chi connectivity index (χ4n) is 1.35. The summed E-state index contributed by atoms with van der Waals surface area (Å²) in [6.45, 7) is 2.88. The first-order chi connectivity index (χ1) is 8.29. The maximum atomic E-state index is 11.8. The van der Waals surface area contributed by atoms with Crippen molar-refractivity contribution in [2.75, 3.05) is 17.2 Å². The van der Waals surface area contributed by atoms with Crippen LogP contribution in [0.5, 0.6) is 0 Å². The number of hydrogen-bond acceptors (Lipinski definition) is 5. The molecule has 0 unspecified atom stereocenters. The van der Waals surface area contributed by atoms with Crippen LogP contribution >= 0.6 is 11.5 Å². The number of carbonyl (C=O) groups is 1. The Morgan fingerprint density at radius 1 is 1.35 bits per heavy atom. The van der Waals surface area contributed by atoms with Crippen molar-refractivity contribution in [3.8, 4) is 0 Å². The summed E-state index contributed by atoms with van der Waals surface area (Å²) in [6, 6.07) is 7.32. The molecule has 0 radical (unpaired) electrons. The van der Waals surface area contributed by atoms with Crippen LogP contribution in [-0.2, 0) is 0 Å². The quantitative estimate of drug-likeness (QED) is 0.870. The van der Waals surface area contributed by atoms with Crippen molar-refractivity contribution in [3.63, 3.8) is 0 Å². The van der Waals surface area contributed by atoms with Crippen molar-refractivity contribution in [3.05, 3.63) is 36.0 Å². The van der Waals surface area contributed by atoms with Gasteiger partial charge in [0.25, 0.3) is 5.91 Å². The van der Waals surface area contributed by atoms with E-state index in [1.807, 2.05) is 19.1 Å². The summed E-state index contributed by atoms with van der Waals surface area (Å²) in [5.74, 6) is -0.154. The Morgan fingerprint density at radius 3 is 2.71 bits per heavy atom. The molecule has 0 saturated heterocycles. The molecule has 0 bridgehead atoms. The molecule has 0 fully saturated rings. The summed E-state index contributed by atoms with van der Waals surface area (Å²) in [7, 11) is 0. The van der Waals surface area contributed by atoms with Crippen molar-refractivity contribution in [2.24, 2.45) is 0 Å². The normalized spacial score (nSPS) is 9.94. The van der Waals surface area contributed by atoms with Gasteiger partial charge in [-0.15, -0.1) is 5.10 Å². The third-order valence-electron chi connectivity index (χ3n) is 2.13. The van der Waals surface area contributed by atoms with Crippen molar-refractivity contribution in [1.29, 1.82) is 0 Å². The Labute approximate surface area is 103 Å². The van der Waals surface area contributed by atoms with Gasteiger partial charge in [-0.2, -0.15) is 0 Å². The van der Waals surface area contributed by atoms with Gasteiger partial charge in [0.2, 0.25) is 0 Å². The Hall–Kier alpha value is -1.95. The molecule has 0 aliphatic carbocycles. The third-order valence-corrected chi connectivity index (χ3v) is 2.71. The first kappa shape index (κ1) is 11.5. The molecule has 1 heterocycles. The average molecular weight is 248 g/mol. The molecule has 0 spiro atoms. The number of aromatic nitrogens is 2. The van der Waals surface area contributed by atoms with E-state index in [-0.39, 0.29) is 5.91 Å². The van der Waals surface area contributed by atoms with Crippen LogP contribution in [0.1, 0.15) is 17.3 Å². The second-order valence-electron chi connectivity index (χ2n) is 3.34. The van der Waals surface area contributed by atoms with E-state index in [1.54, 1.807) is 12.1 Å². The predicted molar refractivity (Wildman–Crippen MR) is 68.5 cm³/mol. The van der Waals surface area contributed by atoms with Crippen LogP contribution in [0.25, 0.3) is 0 Å². The van der Waals surface area contributed by atoms with E-state index in [9.17, 15) is 4.79 Å². The molecule has 6 heteroatoms. The van der Waals surface area contributed by atoms with Gasteiger partial charge >= 0.3 is 0 Å². The van der Waals surface area contributed by atoms with E-state index in [1.165, 1.54) is 6.20 Å². The van der Waals surface area contributed by atoms with Gasteiger partial charge in [-0.1, -0.05) is 4.49 Å². The molecule has 1 amide bonds. The standard InChI is InChI=1S/C11H12N4OS/c1-2-12-9-5-3-8(4-6-9)11(16)14-10-7-13-15-17-10/h3-7,12H,2H2,1H3,(H,14,16). The van der Waals surface area contributed by atoms with Crippen molar-refractivity contribution in [1.82, 2.24) is 9.59 Å². The molecule has 2 rings (SSSR count). The van der Waals surface area contributed by atoms with E-state index in [2.05, 4.69) is 20.2 Å². The number of nitrogens with zero attached hydrogens (tertiary/aromatic N) is 2. The molecule has 1 aromatic heterocycles. The van der Waals surface area contributed by atoms with Gasteiger partial charge in [0, 0.05) is 29.3 Å². The van der Waals surface area contributed by atoms with Crippen LogP contribution in [0.3, 0.4) is 0 Å². The maximum absolute atomic E-state index is 11.8. The lowest BCUT2D eigenvalue weighted by Gasteiger charge is -2.04. The van der Waals surface area contributed by atoms with Gasteiger partial charge in [0.15, 0.2) is 0 Å². The molecule has 1 aromatic carbocycles. The molecule has 2 N–H and O–H groups in total. The zero-order valence-electron chi connectivity index (χ0n) is 9.30. The zero-order chi connectivity index (χ0) is 12.1. The Morgan fingerprint density at radius 2 is 2.12 bits per heavy atom. The van der Waals surface area contributed by atoms with Crippen molar-refractivity contribution in [2.45, 2.75) is 6.92 Å². The van der Waals surface area contributed by atoms with Crippen LogP contribution in [0, 0.1) is 0 Å². The van der Waals surface area contributed by atoms with Gasteiger partial charge < -0.3 is 10.6 Å². The van der Waals surface area contributed by atoms with E-state index in [0.29, 0.717) is 10.6 Å². The van der Waals surface area contributed by atoms with Crippen LogP contribution < -0.4 is 10.6 Å². The fraction of sp³-hybridized carbons (Fsp3) is 0.182. The minimum Gasteiger partial charge on any atom is -0.385 e. The SMILES string of the molecule is CCNc1ccc(C(=O)Nc2cnns2)cc1. The second-order valence-corrected chi connectivity index (χ2v) is 4.13. The van der Waals surface area contributed by atoms with E-state index in [4.69, 9.17) is 0 Å². The summed E-state index contributed by atoms with van der Waals surface area (Å²) in [5.41, 5.74) is 1.61. The summed E-state index contributed by atoms with van der Waals surface area (Å²) in [6.07, 6.45) is 1.52. The fourth-order valence-corrected chi connectivity index (χ4v) is 1.76. The van der Waals surface area contributed by atoms with Crippen LogP contribution in [-0.4, -0.2) is 22.0 Å². The van der Waals surface area contributed by atoms with Gasteiger partial charge in [0.1, 0.15) is 5.00 Å². The smallest absolute Gasteiger partial charge is 0.256 e. The number of anilines is 2. The van der Waals surface area contributed by atoms with E-state index in [0.717, 1.165) is 23.8 Å². The highest BCUT2D eigenvalue weighted by atomic mass is 32.1. The first-order valence-corrected chi connectivity index (χ1v) is 5.99. The Balaban J connectivity index is 2.04. The minimum absolute atomic E-state index is 0.154. The van der Waals surface area contributed by atoms with Gasteiger partial charge in [-0.05, 0) is 31.2 Å². The van der Waals surface area contributed by atoms with Gasteiger partial charge in [-0.3, -0.25) is 4.79 Å². The van der Waals surface area contributed by atoms with Crippen LogP contribution in [0.4, 0.5) is 10.7 Å². The van der Waals surface area contributed by atoms with Gasteiger partial charge in [-0.25, -0.2) is 0 Å². The molecule has 2 aromatic rings. The minimum atomic E-state index is -0.154. The lowest BCUT2D eigenvalue weighted by molar-refractivity contribution is 0.102. The molecule has 88 valence electrons. The Kier molecular flexibility index (Phi) is 3.66. The zero-order valence-corrected chi connectivity index (χ0v) is 10.1. The molecule has 0 atom stereocenters. The molecule has 0 saturated carbocycles. The molecule has 0 aliphatic rings. The largest absolute Gasteiger partial charge is 0.385 e. The highest BCUT2D eigenvalue weighted by Gasteiger charge is 2.06. The number of amides is 1. The Bertz CT molecular complexity index is 481. The summed E-state index contributed by atoms with van der Waals surface area (Å²) in [5, 5.41) is 10.2. The number of rotatable bonds is 4. The molecular formula is C11H12N4OS. The summed E-state index contributed by atoms with van der Waals surface area (Å²) in [4.78, 5) is 11.8. The van der Waals surface area contributed by atoms with Crippen molar-refractivity contribution >= 4 is 28.1 Å². The van der Waals surface area contributed by atoms with Gasteiger partial charge in [0.05, 0.1) is 6.20 Å². The topological polar surface area (TPSA) is 66.9 Å². The lowest BCUT2D eigenvalue weighted by atomic mass is 10.2. The monoisotopic (exact) mass is 248 g/mol. The molecular weight excluding hydrogens is 236 g/mol. The molecule has 5 nitrogen and oxygen atoms in total. The van der Waals surface area contributed by atoms with E-state index >= 15 is 0 Å². The van der Waals surface area contributed by atoms with Crippen LogP contribution in [0.15, 0.2) is 30.5 Å². The third kappa shape index (κ3) is 3.01. The molecule has 0 aliphatic heterocycles. The number of hydrogen-bond donors (Lipinski definition) is 2. The maximum Gasteiger partial charge on any atom is 0.256 e. The number of nitrogens with one attached hydrogen (secondary N) is 2. The van der Waals surface area contributed by atoms with E-state index < -0.39 is 0 Å². The summed E-state index contributed by atoms with van der Waals surface area (Å²) >= 11 is 1.15.